The van der Waals surface area contributed by atoms with Crippen molar-refractivity contribution in [2.24, 2.45) is 0 Å². The zero-order valence-corrected chi connectivity index (χ0v) is 37.2. The number of nitrogens with one attached hydrogen (secondary N) is 3. The molecule has 0 spiro atoms. The summed E-state index contributed by atoms with van der Waals surface area (Å²) in [6.45, 7) is 13.0. The molecule has 17 heteroatoms. The lowest BCUT2D eigenvalue weighted by Gasteiger charge is -2.23. The molecule has 0 unspecified atom stereocenters. The van der Waals surface area contributed by atoms with Gasteiger partial charge >= 0.3 is 18.2 Å². The lowest BCUT2D eigenvalue weighted by atomic mass is 9.96. The van der Waals surface area contributed by atoms with Crippen molar-refractivity contribution < 1.29 is 33.3 Å². The summed E-state index contributed by atoms with van der Waals surface area (Å²) in [5.41, 5.74) is 1.91. The Labute approximate surface area is 364 Å². The number of hydrogen-bond donors (Lipinski definition) is 3. The van der Waals surface area contributed by atoms with E-state index in [0.717, 1.165) is 22.7 Å². The van der Waals surface area contributed by atoms with Gasteiger partial charge in [0.2, 0.25) is 0 Å². The third kappa shape index (κ3) is 14.9. The number of alkyl carbamates (subject to hydrolysis) is 2. The van der Waals surface area contributed by atoms with E-state index >= 15 is 0 Å². The molecular formula is C43H50ClN7O7S2. The minimum atomic E-state index is -1.04. The van der Waals surface area contributed by atoms with Crippen LogP contribution in [0.4, 0.5) is 15.4 Å². The number of benzene rings is 2. The van der Waals surface area contributed by atoms with Crippen molar-refractivity contribution in [3.8, 4) is 39.6 Å². The smallest absolute Gasteiger partial charge is 0.408 e. The lowest BCUT2D eigenvalue weighted by molar-refractivity contribution is -0.147. The van der Waals surface area contributed by atoms with E-state index in [4.69, 9.17) is 40.5 Å². The number of aromatic nitrogens is 2. The molecule has 318 valence electrons. The lowest BCUT2D eigenvalue weighted by Crippen LogP contribution is -2.45. The normalized spacial score (nSPS) is 11.7. The van der Waals surface area contributed by atoms with Crippen LogP contribution in [0, 0.1) is 22.7 Å². The number of carbonyl (C=O) groups is 3. The highest BCUT2D eigenvalue weighted by molar-refractivity contribution is 7.98. The van der Waals surface area contributed by atoms with Gasteiger partial charge in [-0.05, 0) is 90.6 Å². The summed E-state index contributed by atoms with van der Waals surface area (Å²) in [6, 6.07) is 17.9. The Morgan fingerprint density at radius 3 is 2.15 bits per heavy atom. The highest BCUT2D eigenvalue weighted by Gasteiger charge is 2.26. The zero-order chi connectivity index (χ0) is 43.9. The topological polar surface area (TPSA) is 198 Å². The van der Waals surface area contributed by atoms with Gasteiger partial charge in [0.05, 0.1) is 11.3 Å². The van der Waals surface area contributed by atoms with Gasteiger partial charge in [0, 0.05) is 40.4 Å². The van der Waals surface area contributed by atoms with E-state index in [9.17, 15) is 24.9 Å². The number of esters is 1. The van der Waals surface area contributed by atoms with Crippen LogP contribution in [0.5, 0.6) is 5.75 Å². The van der Waals surface area contributed by atoms with Crippen molar-refractivity contribution in [3.05, 3.63) is 75.8 Å². The Kier molecular flexibility index (Phi) is 17.4. The van der Waals surface area contributed by atoms with Gasteiger partial charge in [-0.3, -0.25) is 0 Å². The number of pyridine rings is 1. The standard InChI is InChI=1S/C43H50ClN7O7S2/c1-8-19-47-36-32(23-45)35(33(24-46)38(51-36)60-26-30-25-59-37(49-30)28-11-15-29(44)16-12-28)27-13-17-31(18-14-27)55-21-22-56-39(52)34(50-41(54)58-43(5,6)7)10-9-20-48-40(53)57-42(2,3)4/h11-18,25,34H,8-10,19-22,26H2,1-7H3,(H,47,51)(H,48,53)(H,50,54)/t34-/m1/s1. The summed E-state index contributed by atoms with van der Waals surface area (Å²) in [4.78, 5) is 47.1. The van der Waals surface area contributed by atoms with Crippen LogP contribution >= 0.6 is 34.7 Å². The SMILES string of the molecule is CCCNc1nc(SCc2csc(-c3ccc(Cl)cc3)n2)c(C#N)c(-c2ccc(OCCOC(=O)[C@@H](CCCNC(=O)OC(C)(C)C)NC(=O)OC(C)(C)C)cc2)c1C#N. The highest BCUT2D eigenvalue weighted by Crippen LogP contribution is 2.38. The maximum atomic E-state index is 13.1. The zero-order valence-electron chi connectivity index (χ0n) is 34.8. The molecule has 0 fully saturated rings. The largest absolute Gasteiger partial charge is 0.490 e. The number of nitrogens with zero attached hydrogens (tertiary/aromatic N) is 4. The summed E-state index contributed by atoms with van der Waals surface area (Å²) in [7, 11) is 0. The van der Waals surface area contributed by atoms with Gasteiger partial charge < -0.3 is 34.9 Å². The fourth-order valence-electron chi connectivity index (χ4n) is 5.41. The molecule has 3 N–H and O–H groups in total. The Morgan fingerprint density at radius 1 is 0.867 bits per heavy atom. The highest BCUT2D eigenvalue weighted by atomic mass is 35.5. The molecule has 2 amide bonds. The van der Waals surface area contributed by atoms with Crippen LogP contribution in [0.3, 0.4) is 0 Å². The Balaban J connectivity index is 1.43. The summed E-state index contributed by atoms with van der Waals surface area (Å²) in [5, 5.41) is 33.1. The Bertz CT molecular complexity index is 2170. The minimum Gasteiger partial charge on any atom is -0.490 e. The Morgan fingerprint density at radius 2 is 1.52 bits per heavy atom. The third-order valence-electron chi connectivity index (χ3n) is 7.98. The van der Waals surface area contributed by atoms with Gasteiger partial charge in [0.15, 0.2) is 0 Å². The second-order valence-electron chi connectivity index (χ2n) is 15.3. The van der Waals surface area contributed by atoms with Crippen LogP contribution in [-0.2, 0) is 24.8 Å². The molecule has 2 aromatic carbocycles. The molecule has 0 aliphatic rings. The average molecular weight is 877 g/mol. The third-order valence-corrected chi connectivity index (χ3v) is 10.2. The maximum absolute atomic E-state index is 13.1. The first-order valence-corrected chi connectivity index (χ1v) is 21.6. The van der Waals surface area contributed by atoms with Gasteiger partial charge in [-0.2, -0.15) is 10.5 Å². The number of amides is 2. The van der Waals surface area contributed by atoms with Crippen molar-refractivity contribution in [1.29, 1.82) is 10.5 Å². The van der Waals surface area contributed by atoms with Gasteiger partial charge in [-0.25, -0.2) is 24.4 Å². The molecule has 0 aliphatic heterocycles. The van der Waals surface area contributed by atoms with E-state index in [1.165, 1.54) is 23.1 Å². The Hall–Kier alpha value is -5.55. The molecule has 2 aromatic heterocycles. The van der Waals surface area contributed by atoms with Crippen LogP contribution in [0.15, 0.2) is 58.9 Å². The summed E-state index contributed by atoms with van der Waals surface area (Å²) in [6.07, 6.45) is -0.0753. The number of thiazole rings is 1. The number of anilines is 1. The van der Waals surface area contributed by atoms with Crippen molar-refractivity contribution in [2.75, 3.05) is 31.6 Å². The molecule has 60 heavy (non-hydrogen) atoms. The number of halogens is 1. The summed E-state index contributed by atoms with van der Waals surface area (Å²) in [5.74, 6) is 0.597. The molecule has 4 aromatic rings. The number of hydrogen-bond acceptors (Lipinski definition) is 14. The summed E-state index contributed by atoms with van der Waals surface area (Å²) >= 11 is 8.94. The number of rotatable bonds is 18. The number of nitriles is 2. The number of thioether (sulfide) groups is 1. The second-order valence-corrected chi connectivity index (χ2v) is 17.5. The molecular weight excluding hydrogens is 826 g/mol. The van der Waals surface area contributed by atoms with Gasteiger partial charge in [0.25, 0.3) is 0 Å². The van der Waals surface area contributed by atoms with Gasteiger partial charge in [-0.15, -0.1) is 11.3 Å². The molecule has 0 saturated carbocycles. The van der Waals surface area contributed by atoms with Crippen molar-refractivity contribution >= 4 is 58.7 Å². The number of carbonyl (C=O) groups excluding carboxylic acids is 3. The van der Waals surface area contributed by atoms with E-state index in [1.807, 2.05) is 36.6 Å². The molecule has 0 radical (unpaired) electrons. The van der Waals surface area contributed by atoms with Gasteiger partial charge in [0.1, 0.15) is 69.8 Å². The van der Waals surface area contributed by atoms with E-state index in [2.05, 4.69) is 28.1 Å². The van der Waals surface area contributed by atoms with Crippen molar-refractivity contribution in [2.45, 2.75) is 95.8 Å². The van der Waals surface area contributed by atoms with Crippen molar-refractivity contribution in [3.63, 3.8) is 0 Å². The first-order valence-electron chi connectivity index (χ1n) is 19.3. The van der Waals surface area contributed by atoms with Crippen molar-refractivity contribution in [1.82, 2.24) is 20.6 Å². The quantitative estimate of drug-likeness (QED) is 0.0370. The van der Waals surface area contributed by atoms with Crippen LogP contribution in [0.1, 0.15) is 84.5 Å². The molecule has 0 aliphatic carbocycles. The van der Waals surface area contributed by atoms with E-state index in [1.54, 1.807) is 65.8 Å². The molecule has 1 atom stereocenters. The molecule has 0 bridgehead atoms. The monoisotopic (exact) mass is 875 g/mol. The fraction of sp³-hybridized carbons (Fsp3) is 0.419. The van der Waals surface area contributed by atoms with E-state index < -0.39 is 35.4 Å². The van der Waals surface area contributed by atoms with Gasteiger partial charge in [-0.1, -0.05) is 54.6 Å². The second kappa shape index (κ2) is 22.2. The van der Waals surface area contributed by atoms with E-state index in [-0.39, 0.29) is 37.3 Å². The first kappa shape index (κ1) is 47.1. The average Bonchev–Trinajstić information content (AvgIpc) is 3.66. The van der Waals surface area contributed by atoms with Crippen LogP contribution in [0.25, 0.3) is 21.7 Å². The maximum Gasteiger partial charge on any atom is 0.408 e. The molecule has 2 heterocycles. The first-order chi connectivity index (χ1) is 28.5. The van der Waals surface area contributed by atoms with Crippen LogP contribution < -0.4 is 20.7 Å². The predicted octanol–water partition coefficient (Wildman–Crippen LogP) is 9.50. The van der Waals surface area contributed by atoms with E-state index in [0.29, 0.717) is 51.5 Å². The van der Waals surface area contributed by atoms with Crippen LogP contribution in [-0.4, -0.2) is 71.7 Å². The fourth-order valence-corrected chi connectivity index (χ4v) is 7.35. The van der Waals surface area contributed by atoms with Crippen LogP contribution in [0.2, 0.25) is 5.02 Å². The minimum absolute atomic E-state index is 0.00514. The molecule has 14 nitrogen and oxygen atoms in total. The number of ether oxygens (including phenoxy) is 4. The summed E-state index contributed by atoms with van der Waals surface area (Å²) < 4.78 is 21.9. The molecule has 4 rings (SSSR count). The predicted molar refractivity (Wildman–Crippen MR) is 233 cm³/mol. The molecule has 0 saturated heterocycles.